The Hall–Kier alpha value is -2.64. The van der Waals surface area contributed by atoms with Gasteiger partial charge in [0.25, 0.3) is 5.91 Å². The van der Waals surface area contributed by atoms with E-state index in [1.165, 1.54) is 0 Å². The fraction of sp³-hybridized carbons (Fsp3) is 0.300. The van der Waals surface area contributed by atoms with Crippen LogP contribution in [0.15, 0.2) is 48.5 Å². The first-order valence-corrected chi connectivity index (χ1v) is 8.07. The van der Waals surface area contributed by atoms with Crippen LogP contribution < -0.4 is 5.32 Å². The van der Waals surface area contributed by atoms with Crippen LogP contribution in [0, 0.1) is 17.2 Å². The van der Waals surface area contributed by atoms with Crippen LogP contribution in [0.3, 0.4) is 0 Å². The summed E-state index contributed by atoms with van der Waals surface area (Å²) in [4.78, 5) is 12.7. The third kappa shape index (κ3) is 4.21. The summed E-state index contributed by atoms with van der Waals surface area (Å²) in [6, 6.07) is 16.3. The summed E-state index contributed by atoms with van der Waals surface area (Å²) in [5.41, 5.74) is 2.48. The standard InChI is InChI=1S/C20H22N2O2/c1-14(2)11-16(13-23)22-20(24)19-10-6-5-9-18(19)17-8-4-3-7-15(17)12-21/h3-10,14,16,23H,11,13H2,1-2H3,(H,22,24). The number of aliphatic hydroxyl groups is 1. The van der Waals surface area contributed by atoms with E-state index in [0.29, 0.717) is 29.0 Å². The lowest BCUT2D eigenvalue weighted by molar-refractivity contribution is 0.0909. The summed E-state index contributed by atoms with van der Waals surface area (Å²) >= 11 is 0. The topological polar surface area (TPSA) is 73.1 Å². The fourth-order valence-electron chi connectivity index (χ4n) is 2.74. The molecule has 24 heavy (non-hydrogen) atoms. The van der Waals surface area contributed by atoms with Crippen LogP contribution >= 0.6 is 0 Å². The Kier molecular flexibility index (Phi) is 6.11. The van der Waals surface area contributed by atoms with Gasteiger partial charge in [-0.05, 0) is 30.0 Å². The third-order valence-corrected chi connectivity index (χ3v) is 3.82. The van der Waals surface area contributed by atoms with Gasteiger partial charge in [-0.15, -0.1) is 0 Å². The quantitative estimate of drug-likeness (QED) is 0.856. The van der Waals surface area contributed by atoms with E-state index in [1.54, 1.807) is 24.3 Å². The summed E-state index contributed by atoms with van der Waals surface area (Å²) in [6.45, 7) is 4.00. The Morgan fingerprint density at radius 2 is 1.75 bits per heavy atom. The predicted molar refractivity (Wildman–Crippen MR) is 94.4 cm³/mol. The third-order valence-electron chi connectivity index (χ3n) is 3.82. The zero-order valence-electron chi connectivity index (χ0n) is 14.0. The molecule has 0 heterocycles. The van der Waals surface area contributed by atoms with E-state index in [-0.39, 0.29) is 18.6 Å². The van der Waals surface area contributed by atoms with E-state index >= 15 is 0 Å². The van der Waals surface area contributed by atoms with E-state index in [9.17, 15) is 15.2 Å². The van der Waals surface area contributed by atoms with Gasteiger partial charge in [0.15, 0.2) is 0 Å². The number of amides is 1. The van der Waals surface area contributed by atoms with Crippen molar-refractivity contribution in [2.24, 2.45) is 5.92 Å². The van der Waals surface area contributed by atoms with Gasteiger partial charge in [0.2, 0.25) is 0 Å². The minimum absolute atomic E-state index is 0.0964. The lowest BCUT2D eigenvalue weighted by atomic mass is 9.95. The number of rotatable bonds is 6. The van der Waals surface area contributed by atoms with Crippen LogP contribution in [-0.2, 0) is 0 Å². The molecule has 1 atom stereocenters. The maximum atomic E-state index is 12.7. The molecule has 2 N–H and O–H groups in total. The monoisotopic (exact) mass is 322 g/mol. The second-order valence-electron chi connectivity index (χ2n) is 6.19. The molecule has 1 unspecified atom stereocenters. The molecule has 0 aliphatic heterocycles. The number of hydrogen-bond donors (Lipinski definition) is 2. The predicted octanol–water partition coefficient (Wildman–Crippen LogP) is 3.36. The molecule has 0 aromatic heterocycles. The van der Waals surface area contributed by atoms with Gasteiger partial charge in [-0.25, -0.2) is 0 Å². The van der Waals surface area contributed by atoms with Crippen LogP contribution in [0.5, 0.6) is 0 Å². The van der Waals surface area contributed by atoms with E-state index in [1.807, 2.05) is 38.1 Å². The Bertz CT molecular complexity index is 747. The smallest absolute Gasteiger partial charge is 0.252 e. The molecule has 0 fully saturated rings. The molecule has 2 rings (SSSR count). The van der Waals surface area contributed by atoms with Crippen molar-refractivity contribution in [2.75, 3.05) is 6.61 Å². The Labute approximate surface area is 142 Å². The molecule has 2 aromatic rings. The van der Waals surface area contributed by atoms with E-state index in [0.717, 1.165) is 5.56 Å². The molecule has 4 heteroatoms. The molecule has 0 bridgehead atoms. The number of aliphatic hydroxyl groups excluding tert-OH is 1. The van der Waals surface area contributed by atoms with E-state index < -0.39 is 0 Å². The zero-order chi connectivity index (χ0) is 17.5. The van der Waals surface area contributed by atoms with Crippen LogP contribution in [-0.4, -0.2) is 23.7 Å². The number of nitriles is 1. The van der Waals surface area contributed by atoms with E-state index in [4.69, 9.17) is 0 Å². The van der Waals surface area contributed by atoms with Crippen molar-refractivity contribution >= 4 is 5.91 Å². The zero-order valence-corrected chi connectivity index (χ0v) is 14.0. The van der Waals surface area contributed by atoms with Gasteiger partial charge in [0.05, 0.1) is 24.3 Å². The highest BCUT2D eigenvalue weighted by molar-refractivity contribution is 6.01. The number of nitrogens with one attached hydrogen (secondary N) is 1. The van der Waals surface area contributed by atoms with Crippen molar-refractivity contribution in [2.45, 2.75) is 26.3 Å². The van der Waals surface area contributed by atoms with Crippen molar-refractivity contribution in [1.29, 1.82) is 5.26 Å². The first kappa shape index (κ1) is 17.7. The number of hydrogen-bond acceptors (Lipinski definition) is 3. The van der Waals surface area contributed by atoms with Crippen molar-refractivity contribution in [3.63, 3.8) is 0 Å². The first-order valence-electron chi connectivity index (χ1n) is 8.07. The molecular formula is C20H22N2O2. The first-order chi connectivity index (χ1) is 11.6. The molecule has 1 amide bonds. The highest BCUT2D eigenvalue weighted by Crippen LogP contribution is 2.27. The highest BCUT2D eigenvalue weighted by Gasteiger charge is 2.18. The highest BCUT2D eigenvalue weighted by atomic mass is 16.3. The van der Waals surface area contributed by atoms with Gasteiger partial charge in [0, 0.05) is 11.1 Å². The van der Waals surface area contributed by atoms with Gasteiger partial charge in [-0.1, -0.05) is 50.2 Å². The molecule has 124 valence electrons. The van der Waals surface area contributed by atoms with Crippen molar-refractivity contribution < 1.29 is 9.90 Å². The maximum absolute atomic E-state index is 12.7. The molecular weight excluding hydrogens is 300 g/mol. The van der Waals surface area contributed by atoms with Gasteiger partial charge in [0.1, 0.15) is 0 Å². The molecule has 0 saturated carbocycles. The average Bonchev–Trinajstić information content (AvgIpc) is 2.60. The average molecular weight is 322 g/mol. The Balaban J connectivity index is 2.35. The van der Waals surface area contributed by atoms with Crippen molar-refractivity contribution in [1.82, 2.24) is 5.32 Å². The summed E-state index contributed by atoms with van der Waals surface area (Å²) < 4.78 is 0. The fourth-order valence-corrected chi connectivity index (χ4v) is 2.74. The Morgan fingerprint density at radius 1 is 1.12 bits per heavy atom. The SMILES string of the molecule is CC(C)CC(CO)NC(=O)c1ccccc1-c1ccccc1C#N. The van der Waals surface area contributed by atoms with E-state index in [2.05, 4.69) is 11.4 Å². The molecule has 4 nitrogen and oxygen atoms in total. The number of carbonyl (C=O) groups is 1. The van der Waals surface area contributed by atoms with Gasteiger partial charge in [-0.3, -0.25) is 4.79 Å². The van der Waals surface area contributed by atoms with Crippen molar-refractivity contribution in [3.8, 4) is 17.2 Å². The molecule has 0 spiro atoms. The van der Waals surface area contributed by atoms with Crippen LogP contribution in [0.1, 0.15) is 36.2 Å². The molecule has 0 radical (unpaired) electrons. The number of benzene rings is 2. The lowest BCUT2D eigenvalue weighted by Crippen LogP contribution is -2.38. The molecule has 0 aliphatic carbocycles. The maximum Gasteiger partial charge on any atom is 0.252 e. The summed E-state index contributed by atoms with van der Waals surface area (Å²) in [7, 11) is 0. The van der Waals surface area contributed by atoms with Gasteiger partial charge >= 0.3 is 0 Å². The summed E-state index contributed by atoms with van der Waals surface area (Å²) in [6.07, 6.45) is 0.708. The minimum Gasteiger partial charge on any atom is -0.394 e. The Morgan fingerprint density at radius 3 is 2.38 bits per heavy atom. The number of nitrogens with zero attached hydrogens (tertiary/aromatic N) is 1. The minimum atomic E-state index is -0.281. The van der Waals surface area contributed by atoms with Gasteiger partial charge in [-0.2, -0.15) is 5.26 Å². The second kappa shape index (κ2) is 8.28. The van der Waals surface area contributed by atoms with Crippen LogP contribution in [0.2, 0.25) is 0 Å². The summed E-state index contributed by atoms with van der Waals surface area (Å²) in [5.74, 6) is 0.134. The molecule has 2 aromatic carbocycles. The molecule has 0 aliphatic rings. The van der Waals surface area contributed by atoms with Gasteiger partial charge < -0.3 is 10.4 Å². The normalized spacial score (nSPS) is 11.8. The summed E-state index contributed by atoms with van der Waals surface area (Å²) in [5, 5.41) is 21.7. The van der Waals surface area contributed by atoms with Crippen LogP contribution in [0.4, 0.5) is 0 Å². The lowest BCUT2D eigenvalue weighted by Gasteiger charge is -2.19. The van der Waals surface area contributed by atoms with Crippen molar-refractivity contribution in [3.05, 3.63) is 59.7 Å². The number of carbonyl (C=O) groups excluding carboxylic acids is 1. The van der Waals surface area contributed by atoms with Crippen LogP contribution in [0.25, 0.3) is 11.1 Å². The molecule has 0 saturated heterocycles. The largest absolute Gasteiger partial charge is 0.394 e. The second-order valence-corrected chi connectivity index (χ2v) is 6.19.